The Morgan fingerprint density at radius 3 is 2.60 bits per heavy atom. The minimum atomic E-state index is 0.0284. The van der Waals surface area contributed by atoms with Gasteiger partial charge in [-0.05, 0) is 31.7 Å². The molecular formula is C20H26N4O. The summed E-state index contributed by atoms with van der Waals surface area (Å²) >= 11 is 0. The second-order valence-electron chi connectivity index (χ2n) is 6.71. The predicted octanol–water partition coefficient (Wildman–Crippen LogP) is 3.19. The van der Waals surface area contributed by atoms with Gasteiger partial charge in [0.15, 0.2) is 0 Å². The highest BCUT2D eigenvalue weighted by atomic mass is 16.1. The number of anilines is 1. The van der Waals surface area contributed by atoms with Crippen molar-refractivity contribution >= 4 is 11.9 Å². The largest absolute Gasteiger partial charge is 0.356 e. The van der Waals surface area contributed by atoms with Gasteiger partial charge in [0, 0.05) is 37.6 Å². The number of aromatic nitrogens is 2. The summed E-state index contributed by atoms with van der Waals surface area (Å²) in [5.41, 5.74) is 3.37. The third kappa shape index (κ3) is 4.35. The molecule has 132 valence electrons. The van der Waals surface area contributed by atoms with Crippen LogP contribution in [0.1, 0.15) is 31.7 Å². The van der Waals surface area contributed by atoms with Crippen molar-refractivity contribution in [3.63, 3.8) is 0 Å². The maximum atomic E-state index is 12.2. The fraction of sp³-hybridized carbons (Fsp3) is 0.450. The van der Waals surface area contributed by atoms with Crippen molar-refractivity contribution in [2.45, 2.75) is 33.1 Å². The zero-order valence-electron chi connectivity index (χ0n) is 15.0. The third-order valence-corrected chi connectivity index (χ3v) is 4.65. The van der Waals surface area contributed by atoms with Crippen LogP contribution in [0.4, 0.5) is 5.95 Å². The van der Waals surface area contributed by atoms with Crippen molar-refractivity contribution in [2.75, 3.05) is 24.5 Å². The smallest absolute Gasteiger partial charge is 0.225 e. The number of piperidine rings is 1. The van der Waals surface area contributed by atoms with Gasteiger partial charge in [0.2, 0.25) is 11.9 Å². The van der Waals surface area contributed by atoms with E-state index in [1.54, 1.807) is 0 Å². The highest BCUT2D eigenvalue weighted by molar-refractivity contribution is 5.79. The maximum absolute atomic E-state index is 12.2. The summed E-state index contributed by atoms with van der Waals surface area (Å²) in [6, 6.07) is 8.35. The highest BCUT2D eigenvalue weighted by Crippen LogP contribution is 2.23. The van der Waals surface area contributed by atoms with Gasteiger partial charge in [-0.15, -0.1) is 0 Å². The molecule has 1 fully saturated rings. The van der Waals surface area contributed by atoms with Gasteiger partial charge in [-0.2, -0.15) is 0 Å². The van der Waals surface area contributed by atoms with E-state index in [4.69, 9.17) is 0 Å². The third-order valence-electron chi connectivity index (χ3n) is 4.65. The quantitative estimate of drug-likeness (QED) is 0.909. The van der Waals surface area contributed by atoms with E-state index in [2.05, 4.69) is 58.3 Å². The minimum absolute atomic E-state index is 0.0284. The molecule has 2 heterocycles. The van der Waals surface area contributed by atoms with Gasteiger partial charge >= 0.3 is 0 Å². The Morgan fingerprint density at radius 1 is 1.20 bits per heavy atom. The Labute approximate surface area is 149 Å². The van der Waals surface area contributed by atoms with Gasteiger partial charge in [0.1, 0.15) is 0 Å². The first-order chi connectivity index (χ1) is 12.2. The molecule has 1 unspecified atom stereocenters. The van der Waals surface area contributed by atoms with Gasteiger partial charge in [-0.3, -0.25) is 4.79 Å². The number of amides is 1. The molecule has 0 saturated carbocycles. The molecule has 1 aromatic heterocycles. The summed E-state index contributed by atoms with van der Waals surface area (Å²) in [4.78, 5) is 23.4. The topological polar surface area (TPSA) is 58.1 Å². The molecule has 1 saturated heterocycles. The molecule has 0 spiro atoms. The van der Waals surface area contributed by atoms with Crippen molar-refractivity contribution < 1.29 is 4.79 Å². The number of rotatable bonds is 5. The van der Waals surface area contributed by atoms with Crippen LogP contribution in [0.15, 0.2) is 36.7 Å². The first-order valence-corrected chi connectivity index (χ1v) is 9.09. The second kappa shape index (κ2) is 8.10. The zero-order chi connectivity index (χ0) is 17.6. The average Bonchev–Trinajstić information content (AvgIpc) is 2.67. The van der Waals surface area contributed by atoms with Crippen molar-refractivity contribution in [1.29, 1.82) is 0 Å². The van der Waals surface area contributed by atoms with Crippen molar-refractivity contribution in [3.05, 3.63) is 42.2 Å². The molecule has 1 atom stereocenters. The van der Waals surface area contributed by atoms with E-state index in [-0.39, 0.29) is 11.8 Å². The van der Waals surface area contributed by atoms with Crippen molar-refractivity contribution in [1.82, 2.24) is 15.3 Å². The molecule has 25 heavy (non-hydrogen) atoms. The zero-order valence-corrected chi connectivity index (χ0v) is 15.0. The Bertz CT molecular complexity index is 697. The molecule has 1 aromatic carbocycles. The van der Waals surface area contributed by atoms with E-state index >= 15 is 0 Å². The SMILES string of the molecule is CCCNC(=O)C1CCCN(c2ncc(-c3ccc(C)cc3)cn2)C1. The average molecular weight is 338 g/mol. The van der Waals surface area contributed by atoms with E-state index in [1.807, 2.05) is 12.4 Å². The Kier molecular flexibility index (Phi) is 5.64. The van der Waals surface area contributed by atoms with Gasteiger partial charge in [0.05, 0.1) is 5.92 Å². The van der Waals surface area contributed by atoms with Gasteiger partial charge in [-0.25, -0.2) is 9.97 Å². The summed E-state index contributed by atoms with van der Waals surface area (Å²) in [6.07, 6.45) is 6.63. The number of hydrogen-bond acceptors (Lipinski definition) is 4. The van der Waals surface area contributed by atoms with E-state index in [0.717, 1.165) is 43.5 Å². The van der Waals surface area contributed by atoms with Crippen LogP contribution in [0.25, 0.3) is 11.1 Å². The number of nitrogens with zero attached hydrogens (tertiary/aromatic N) is 3. The molecule has 0 bridgehead atoms. The van der Waals surface area contributed by atoms with Crippen LogP contribution >= 0.6 is 0 Å². The normalized spacial score (nSPS) is 17.4. The molecule has 1 amide bonds. The summed E-state index contributed by atoms with van der Waals surface area (Å²) in [7, 11) is 0. The van der Waals surface area contributed by atoms with Gasteiger partial charge < -0.3 is 10.2 Å². The maximum Gasteiger partial charge on any atom is 0.225 e. The van der Waals surface area contributed by atoms with E-state index in [9.17, 15) is 4.79 Å². The Hall–Kier alpha value is -2.43. The number of hydrogen-bond donors (Lipinski definition) is 1. The van der Waals surface area contributed by atoms with E-state index in [1.165, 1.54) is 5.56 Å². The molecular weight excluding hydrogens is 312 g/mol. The first kappa shape index (κ1) is 17.4. The molecule has 3 rings (SSSR count). The van der Waals surface area contributed by atoms with E-state index < -0.39 is 0 Å². The Balaban J connectivity index is 1.67. The molecule has 2 aromatic rings. The molecule has 5 heteroatoms. The van der Waals surface area contributed by atoms with Crippen LogP contribution in [0.5, 0.6) is 0 Å². The van der Waals surface area contributed by atoms with Gasteiger partial charge in [0.25, 0.3) is 0 Å². The van der Waals surface area contributed by atoms with Crippen LogP contribution in [-0.4, -0.2) is 35.5 Å². The first-order valence-electron chi connectivity index (χ1n) is 9.09. The lowest BCUT2D eigenvalue weighted by Crippen LogP contribution is -2.43. The molecule has 0 radical (unpaired) electrons. The Morgan fingerprint density at radius 2 is 1.92 bits per heavy atom. The highest BCUT2D eigenvalue weighted by Gasteiger charge is 2.26. The number of nitrogens with one attached hydrogen (secondary N) is 1. The lowest BCUT2D eigenvalue weighted by atomic mass is 9.97. The number of carbonyl (C=O) groups excluding carboxylic acids is 1. The van der Waals surface area contributed by atoms with Crippen molar-refractivity contribution in [3.8, 4) is 11.1 Å². The van der Waals surface area contributed by atoms with Crippen LogP contribution in [0.3, 0.4) is 0 Å². The molecule has 1 aliphatic heterocycles. The summed E-state index contributed by atoms with van der Waals surface area (Å²) in [6.45, 7) is 6.49. The number of benzene rings is 1. The van der Waals surface area contributed by atoms with Gasteiger partial charge in [-0.1, -0.05) is 36.8 Å². The standard InChI is InChI=1S/C20H26N4O/c1-3-10-21-19(25)17-5-4-11-24(14-17)20-22-12-18(13-23-20)16-8-6-15(2)7-9-16/h6-9,12-13,17H,3-5,10-11,14H2,1-2H3,(H,21,25). The summed E-state index contributed by atoms with van der Waals surface area (Å²) in [5.74, 6) is 0.896. The van der Waals surface area contributed by atoms with Crippen molar-refractivity contribution in [2.24, 2.45) is 5.92 Å². The molecule has 5 nitrogen and oxygen atoms in total. The summed E-state index contributed by atoms with van der Waals surface area (Å²) < 4.78 is 0. The number of aryl methyl sites for hydroxylation is 1. The van der Waals surface area contributed by atoms with Crippen LogP contribution in [0, 0.1) is 12.8 Å². The van der Waals surface area contributed by atoms with Crippen LogP contribution < -0.4 is 10.2 Å². The summed E-state index contributed by atoms with van der Waals surface area (Å²) in [5, 5.41) is 3.00. The van der Waals surface area contributed by atoms with E-state index in [0.29, 0.717) is 12.5 Å². The number of carbonyl (C=O) groups is 1. The second-order valence-corrected chi connectivity index (χ2v) is 6.71. The molecule has 1 aliphatic rings. The van der Waals surface area contributed by atoms with Crippen LogP contribution in [-0.2, 0) is 4.79 Å². The monoisotopic (exact) mass is 338 g/mol. The van der Waals surface area contributed by atoms with Crippen LogP contribution in [0.2, 0.25) is 0 Å². The molecule has 1 N–H and O–H groups in total. The lowest BCUT2D eigenvalue weighted by molar-refractivity contribution is -0.125. The lowest BCUT2D eigenvalue weighted by Gasteiger charge is -2.32. The fourth-order valence-corrected chi connectivity index (χ4v) is 3.14. The fourth-order valence-electron chi connectivity index (χ4n) is 3.14. The minimum Gasteiger partial charge on any atom is -0.356 e. The molecule has 0 aliphatic carbocycles. The predicted molar refractivity (Wildman–Crippen MR) is 100 cm³/mol.